The van der Waals surface area contributed by atoms with Crippen molar-refractivity contribution in [2.45, 2.75) is 84.5 Å². The van der Waals surface area contributed by atoms with Gasteiger partial charge in [-0.05, 0) is 0 Å². The van der Waals surface area contributed by atoms with Crippen LogP contribution in [0.25, 0.3) is 28.3 Å². The Morgan fingerprint density at radius 1 is 0.636 bits per heavy atom. The third-order valence-electron chi connectivity index (χ3n) is 11.5. The fraction of sp³-hybridized carbons (Fsp3) is 0.255. The molecule has 6 aromatic carbocycles. The van der Waals surface area contributed by atoms with Crippen LogP contribution < -0.4 is 38.5 Å². The fourth-order valence-electron chi connectivity index (χ4n) is 8.85. The van der Waals surface area contributed by atoms with Gasteiger partial charge < -0.3 is 24.8 Å². The van der Waals surface area contributed by atoms with E-state index in [-0.39, 0.29) is 41.6 Å². The van der Waals surface area contributed by atoms with Crippen molar-refractivity contribution < 1.29 is 47.2 Å². The first-order chi connectivity index (χ1) is 25.5. The Morgan fingerprint density at radius 3 is 1.84 bits per heavy atom. The molecule has 0 amide bonds. The molecule has 0 aliphatic heterocycles. The van der Waals surface area contributed by atoms with Gasteiger partial charge >= 0.3 is 333 Å². The molecule has 0 nitrogen and oxygen atoms in total. The van der Waals surface area contributed by atoms with Gasteiger partial charge in [0, 0.05) is 0 Å². The summed E-state index contributed by atoms with van der Waals surface area (Å²) in [7, 11) is 0. The third-order valence-corrected chi connectivity index (χ3v) is 24.7. The van der Waals surface area contributed by atoms with Crippen LogP contribution in [0, 0.1) is 0 Å². The van der Waals surface area contributed by atoms with E-state index in [4.69, 9.17) is 0 Å². The third kappa shape index (κ3) is 8.00. The summed E-state index contributed by atoms with van der Waals surface area (Å²) in [5.74, 6) is -1.24. The van der Waals surface area contributed by atoms with Crippen molar-refractivity contribution in [3.63, 3.8) is 0 Å². The Bertz CT molecular complexity index is 2280. The van der Waals surface area contributed by atoms with Crippen molar-refractivity contribution in [3.05, 3.63) is 178 Å². The van der Waals surface area contributed by atoms with Crippen molar-refractivity contribution >= 4 is 25.6 Å². The summed E-state index contributed by atoms with van der Waals surface area (Å²) < 4.78 is 1.78. The van der Waals surface area contributed by atoms with Crippen LogP contribution >= 0.6 is 0 Å². The Balaban J connectivity index is 0.00000257. The number of benzene rings is 6. The number of hydrogen-bond acceptors (Lipinski definition) is 0. The molecule has 6 aromatic rings. The molecule has 2 aliphatic carbocycles. The quantitative estimate of drug-likeness (QED) is 0.187. The van der Waals surface area contributed by atoms with Crippen molar-refractivity contribution in [3.8, 4) is 22.3 Å². The van der Waals surface area contributed by atoms with E-state index in [1.165, 1.54) is 44.5 Å². The summed E-state index contributed by atoms with van der Waals surface area (Å²) in [6.45, 7) is 16.9. The molecule has 0 N–H and O–H groups in total. The summed E-state index contributed by atoms with van der Waals surface area (Å²) in [4.78, 5) is 0. The smallest absolute Gasteiger partial charge is 1.00 e. The summed E-state index contributed by atoms with van der Waals surface area (Å²) in [6, 6.07) is 51.6. The molecule has 1 atom stereocenters. The van der Waals surface area contributed by atoms with Gasteiger partial charge in [0.05, 0.1) is 0 Å². The average Bonchev–Trinajstić information content (AvgIpc) is 3.71. The Labute approximate surface area is 354 Å². The van der Waals surface area contributed by atoms with Crippen molar-refractivity contribution in [1.82, 2.24) is 0 Å². The maximum absolute atomic E-state index is 2.69. The van der Waals surface area contributed by atoms with Crippen LogP contribution in [0.5, 0.6) is 0 Å². The zero-order chi connectivity index (χ0) is 36.9. The monoisotopic (exact) mass is 852 g/mol. The molecule has 278 valence electrons. The normalized spacial score (nSPS) is 14.3. The Hall–Kier alpha value is -3.26. The van der Waals surface area contributed by atoms with Crippen molar-refractivity contribution in [2.24, 2.45) is 0 Å². The molecule has 0 spiro atoms. The number of halogens is 2. The largest absolute Gasteiger partial charge is 1.00 e. The molecule has 0 aromatic heterocycles. The van der Waals surface area contributed by atoms with E-state index in [1.807, 2.05) is 0 Å². The van der Waals surface area contributed by atoms with Gasteiger partial charge in [-0.1, -0.05) is 0 Å². The molecule has 55 heavy (non-hydrogen) atoms. The second kappa shape index (κ2) is 16.7. The number of allylic oxidation sites excluding steroid dienone is 1. The summed E-state index contributed by atoms with van der Waals surface area (Å²) >= 11 is -1.21. The first-order valence-corrected chi connectivity index (χ1v) is 26.8. The first kappa shape index (κ1) is 41.4. The van der Waals surface area contributed by atoms with Crippen LogP contribution in [0.1, 0.15) is 106 Å². The van der Waals surface area contributed by atoms with E-state index >= 15 is 0 Å². The number of rotatable bonds is 8. The topological polar surface area (TPSA) is 0 Å². The standard InChI is InChI=1S/C39H41.C12H11Si.2ClH.Zr/c1-8-13-27-21-33-30(25-14-10-9-11-15-25)16-12-17-31(33)37(27)36-24-29(39(5,6)7)23-35-32-22-28(38(2,3)4)19-18-26(32)20-34(35)36;1-3-7-11(8-4-1)13-12-9-5-2-6-10-12;;;/h9-12,14-19,21-23,37H,8,13,20H2,1-7H3;1-10,13H;2*1H;/q;;;;+2/p-2. The van der Waals surface area contributed by atoms with E-state index in [0.717, 1.165) is 19.3 Å². The van der Waals surface area contributed by atoms with E-state index < -0.39 is 28.3 Å². The van der Waals surface area contributed by atoms with Gasteiger partial charge in [-0.15, -0.1) is 0 Å². The Morgan fingerprint density at radius 2 is 1.25 bits per heavy atom. The van der Waals surface area contributed by atoms with Gasteiger partial charge in [0.2, 0.25) is 0 Å². The predicted octanol–water partition coefficient (Wildman–Crippen LogP) is 5.10. The van der Waals surface area contributed by atoms with E-state index in [1.54, 1.807) is 35.9 Å². The number of fused-ring (bicyclic) bond motifs is 4. The van der Waals surface area contributed by atoms with E-state index in [2.05, 4.69) is 188 Å². The van der Waals surface area contributed by atoms with Crippen LogP contribution in [0.4, 0.5) is 0 Å². The maximum atomic E-state index is 2.69. The van der Waals surface area contributed by atoms with Gasteiger partial charge in [0.15, 0.2) is 0 Å². The van der Waals surface area contributed by atoms with Crippen LogP contribution in [-0.4, -0.2) is 5.92 Å². The van der Waals surface area contributed by atoms with Crippen molar-refractivity contribution in [2.75, 3.05) is 0 Å². The molecule has 0 heterocycles. The summed E-state index contributed by atoms with van der Waals surface area (Å²) in [5.41, 5.74) is 18.1. The molecular weight excluding hydrogens is 803 g/mol. The minimum absolute atomic E-state index is 0. The molecule has 0 bridgehead atoms. The van der Waals surface area contributed by atoms with Gasteiger partial charge in [-0.25, -0.2) is 0 Å². The minimum atomic E-state index is -1.51. The molecule has 2 aliphatic rings. The van der Waals surface area contributed by atoms with Gasteiger partial charge in [-0.2, -0.15) is 0 Å². The van der Waals surface area contributed by atoms with Crippen LogP contribution in [0.2, 0.25) is 0 Å². The molecule has 1 unspecified atom stereocenters. The second-order valence-electron chi connectivity index (χ2n) is 17.3. The van der Waals surface area contributed by atoms with Gasteiger partial charge in [0.25, 0.3) is 0 Å². The summed E-state index contributed by atoms with van der Waals surface area (Å²) in [6.07, 6.45) is 5.90. The summed E-state index contributed by atoms with van der Waals surface area (Å²) in [5, 5.41) is 3.19. The van der Waals surface area contributed by atoms with Crippen LogP contribution in [0.15, 0.2) is 139 Å². The predicted molar refractivity (Wildman–Crippen MR) is 228 cm³/mol. The first-order valence-electron chi connectivity index (χ1n) is 19.6. The van der Waals surface area contributed by atoms with Crippen LogP contribution in [-0.2, 0) is 39.6 Å². The molecule has 0 saturated heterocycles. The number of hydrogen-bond donors (Lipinski definition) is 0. The zero-order valence-corrected chi connectivity index (χ0v) is 38.4. The molecular formula is C51H52Cl2SiZr. The average molecular weight is 855 g/mol. The molecule has 0 saturated carbocycles. The SMILES string of the molecule is CCCC1=Cc2c(-c3ccccc3)cccc2C1c1c2c(cc(C(C)(C)C)[c]1[Zr+2][SiH](c1ccccc1)c1ccccc1)-c1cc(C(C)(C)C)ccc1C2.[Cl-].[Cl-]. The molecule has 8 rings (SSSR count). The maximum Gasteiger partial charge on any atom is -1.00 e. The Kier molecular flexibility index (Phi) is 12.6. The van der Waals surface area contributed by atoms with E-state index in [0.29, 0.717) is 0 Å². The van der Waals surface area contributed by atoms with Gasteiger partial charge in [-0.3, -0.25) is 0 Å². The van der Waals surface area contributed by atoms with Crippen molar-refractivity contribution in [1.29, 1.82) is 0 Å². The molecule has 4 heteroatoms. The second-order valence-corrected chi connectivity index (χ2v) is 27.4. The molecule has 0 radical (unpaired) electrons. The van der Waals surface area contributed by atoms with E-state index in [9.17, 15) is 0 Å². The molecule has 0 fully saturated rings. The van der Waals surface area contributed by atoms with Gasteiger partial charge in [0.1, 0.15) is 0 Å². The van der Waals surface area contributed by atoms with Crippen LogP contribution in [0.3, 0.4) is 0 Å². The minimum Gasteiger partial charge on any atom is -1.00 e. The zero-order valence-electron chi connectivity index (χ0n) is 33.3. The fourth-order valence-corrected chi connectivity index (χ4v) is 22.9.